The summed E-state index contributed by atoms with van der Waals surface area (Å²) in [7, 11) is 1.61. The van der Waals surface area contributed by atoms with Gasteiger partial charge in [-0.15, -0.1) is 0 Å². The van der Waals surface area contributed by atoms with E-state index in [1.807, 2.05) is 24.3 Å². The van der Waals surface area contributed by atoms with Crippen LogP contribution in [0.1, 0.15) is 5.56 Å². The van der Waals surface area contributed by atoms with E-state index in [1.165, 1.54) is 6.20 Å². The maximum absolute atomic E-state index is 11.6. The summed E-state index contributed by atoms with van der Waals surface area (Å²) in [6.45, 7) is 0. The lowest BCUT2D eigenvalue weighted by atomic mass is 10.2. The Bertz CT molecular complexity index is 626. The average molecular weight is 349 g/mol. The standard InChI is InChI=1S/C14H13BrN4O2/c1-21-12-4-2-10(3-5-12)6-7-16-14(20)19-13-17-8-11(15)9-18-13/h2-9H,1H3,(H2,16,17,18,19,20)/b7-6+. The third-order valence-corrected chi connectivity index (χ3v) is 2.86. The van der Waals surface area contributed by atoms with Gasteiger partial charge in [0, 0.05) is 18.6 Å². The number of halogens is 1. The van der Waals surface area contributed by atoms with Gasteiger partial charge >= 0.3 is 6.03 Å². The zero-order valence-corrected chi connectivity index (χ0v) is 12.8. The average Bonchev–Trinajstić information content (AvgIpc) is 2.50. The minimum absolute atomic E-state index is 0.230. The lowest BCUT2D eigenvalue weighted by Crippen LogP contribution is -2.24. The minimum atomic E-state index is -0.415. The maximum atomic E-state index is 11.6. The minimum Gasteiger partial charge on any atom is -0.497 e. The van der Waals surface area contributed by atoms with Crippen LogP contribution in [0.3, 0.4) is 0 Å². The van der Waals surface area contributed by atoms with Crippen LogP contribution in [0.25, 0.3) is 6.08 Å². The molecule has 0 aliphatic carbocycles. The molecule has 1 aromatic heterocycles. The molecule has 1 aromatic carbocycles. The van der Waals surface area contributed by atoms with E-state index in [1.54, 1.807) is 25.6 Å². The normalized spacial score (nSPS) is 10.4. The van der Waals surface area contributed by atoms with Crippen molar-refractivity contribution in [3.05, 3.63) is 52.9 Å². The molecule has 21 heavy (non-hydrogen) atoms. The number of carbonyl (C=O) groups excluding carboxylic acids is 1. The van der Waals surface area contributed by atoms with Crippen molar-refractivity contribution in [2.45, 2.75) is 0 Å². The van der Waals surface area contributed by atoms with Crippen LogP contribution in [0.15, 0.2) is 47.3 Å². The van der Waals surface area contributed by atoms with Crippen LogP contribution in [0.4, 0.5) is 10.7 Å². The summed E-state index contributed by atoms with van der Waals surface area (Å²) in [6.07, 6.45) is 6.41. The first-order valence-corrected chi connectivity index (χ1v) is 6.82. The Morgan fingerprint density at radius 2 is 1.90 bits per heavy atom. The van der Waals surface area contributed by atoms with Crippen molar-refractivity contribution in [2.75, 3.05) is 12.4 Å². The van der Waals surface area contributed by atoms with Gasteiger partial charge in [0.2, 0.25) is 5.95 Å². The maximum Gasteiger partial charge on any atom is 0.325 e. The van der Waals surface area contributed by atoms with Gasteiger partial charge in [-0.1, -0.05) is 12.1 Å². The Labute approximate surface area is 130 Å². The molecule has 0 aliphatic rings. The monoisotopic (exact) mass is 348 g/mol. The van der Waals surface area contributed by atoms with Gasteiger partial charge in [0.1, 0.15) is 5.75 Å². The summed E-state index contributed by atoms with van der Waals surface area (Å²) in [5.41, 5.74) is 0.941. The van der Waals surface area contributed by atoms with Crippen molar-refractivity contribution in [3.63, 3.8) is 0 Å². The Balaban J connectivity index is 1.85. The molecule has 0 saturated heterocycles. The molecule has 7 heteroatoms. The number of amides is 2. The molecule has 0 radical (unpaired) electrons. The van der Waals surface area contributed by atoms with Gasteiger partial charge in [0.25, 0.3) is 0 Å². The number of nitrogens with zero attached hydrogens (tertiary/aromatic N) is 2. The molecule has 0 atom stereocenters. The van der Waals surface area contributed by atoms with E-state index in [0.717, 1.165) is 15.8 Å². The van der Waals surface area contributed by atoms with E-state index in [9.17, 15) is 4.79 Å². The summed E-state index contributed by atoms with van der Waals surface area (Å²) < 4.78 is 5.81. The highest BCUT2D eigenvalue weighted by atomic mass is 79.9. The second kappa shape index (κ2) is 7.39. The van der Waals surface area contributed by atoms with E-state index < -0.39 is 6.03 Å². The van der Waals surface area contributed by atoms with E-state index in [0.29, 0.717) is 0 Å². The molecule has 0 fully saturated rings. The zero-order chi connectivity index (χ0) is 15.1. The van der Waals surface area contributed by atoms with Crippen LogP contribution >= 0.6 is 15.9 Å². The predicted molar refractivity (Wildman–Crippen MR) is 83.9 cm³/mol. The highest BCUT2D eigenvalue weighted by molar-refractivity contribution is 9.10. The second-order valence-electron chi connectivity index (χ2n) is 3.93. The van der Waals surface area contributed by atoms with Crippen molar-refractivity contribution in [1.82, 2.24) is 15.3 Å². The van der Waals surface area contributed by atoms with Crippen LogP contribution < -0.4 is 15.4 Å². The highest BCUT2D eigenvalue weighted by Gasteiger charge is 2.01. The summed E-state index contributed by atoms with van der Waals surface area (Å²) >= 11 is 3.22. The number of hydrogen-bond donors (Lipinski definition) is 2. The van der Waals surface area contributed by atoms with Crippen LogP contribution in [0, 0.1) is 0 Å². The van der Waals surface area contributed by atoms with Crippen molar-refractivity contribution < 1.29 is 9.53 Å². The number of rotatable bonds is 4. The molecule has 0 saturated carbocycles. The largest absolute Gasteiger partial charge is 0.497 e. The van der Waals surface area contributed by atoms with E-state index in [-0.39, 0.29) is 5.95 Å². The SMILES string of the molecule is COc1ccc(/C=C/NC(=O)Nc2ncc(Br)cn2)cc1. The lowest BCUT2D eigenvalue weighted by molar-refractivity contribution is 0.255. The molecule has 2 amide bonds. The van der Waals surface area contributed by atoms with Gasteiger partial charge in [0.05, 0.1) is 11.6 Å². The molecule has 0 aliphatic heterocycles. The molecule has 108 valence electrons. The number of nitrogens with one attached hydrogen (secondary N) is 2. The van der Waals surface area contributed by atoms with Gasteiger partial charge in [0.15, 0.2) is 0 Å². The van der Waals surface area contributed by atoms with Crippen LogP contribution in [0.5, 0.6) is 5.75 Å². The van der Waals surface area contributed by atoms with Gasteiger partial charge < -0.3 is 10.1 Å². The van der Waals surface area contributed by atoms with Crippen LogP contribution in [-0.2, 0) is 0 Å². The summed E-state index contributed by atoms with van der Waals surface area (Å²) in [4.78, 5) is 19.5. The number of anilines is 1. The van der Waals surface area contributed by atoms with Gasteiger partial charge in [-0.25, -0.2) is 14.8 Å². The first-order chi connectivity index (χ1) is 10.2. The van der Waals surface area contributed by atoms with E-state index >= 15 is 0 Å². The topological polar surface area (TPSA) is 76.1 Å². The molecule has 0 spiro atoms. The van der Waals surface area contributed by atoms with Crippen molar-refractivity contribution in [2.24, 2.45) is 0 Å². The number of carbonyl (C=O) groups is 1. The van der Waals surface area contributed by atoms with Gasteiger partial charge in [-0.05, 0) is 39.7 Å². The van der Waals surface area contributed by atoms with Crippen LogP contribution in [0.2, 0.25) is 0 Å². The Morgan fingerprint density at radius 3 is 2.52 bits per heavy atom. The molecular formula is C14H13BrN4O2. The molecular weight excluding hydrogens is 336 g/mol. The molecule has 1 heterocycles. The Kier molecular flexibility index (Phi) is 5.28. The number of ether oxygens (including phenoxy) is 1. The lowest BCUT2D eigenvalue weighted by Gasteiger charge is -2.02. The molecule has 2 aromatic rings. The molecule has 2 rings (SSSR count). The number of urea groups is 1. The van der Waals surface area contributed by atoms with Crippen molar-refractivity contribution >= 4 is 34.0 Å². The second-order valence-corrected chi connectivity index (χ2v) is 4.85. The van der Waals surface area contributed by atoms with Crippen LogP contribution in [-0.4, -0.2) is 23.1 Å². The smallest absolute Gasteiger partial charge is 0.325 e. The van der Waals surface area contributed by atoms with Crippen molar-refractivity contribution in [3.8, 4) is 5.75 Å². The first kappa shape index (κ1) is 15.0. The molecule has 6 nitrogen and oxygen atoms in total. The van der Waals surface area contributed by atoms with Gasteiger partial charge in [-0.3, -0.25) is 5.32 Å². The van der Waals surface area contributed by atoms with E-state index in [4.69, 9.17) is 4.74 Å². The quantitative estimate of drug-likeness (QED) is 0.890. The Morgan fingerprint density at radius 1 is 1.24 bits per heavy atom. The van der Waals surface area contributed by atoms with Gasteiger partial charge in [-0.2, -0.15) is 0 Å². The summed E-state index contributed by atoms with van der Waals surface area (Å²) in [5, 5.41) is 5.08. The predicted octanol–water partition coefficient (Wildman–Crippen LogP) is 3.04. The number of hydrogen-bond acceptors (Lipinski definition) is 4. The highest BCUT2D eigenvalue weighted by Crippen LogP contribution is 2.12. The van der Waals surface area contributed by atoms with Crippen molar-refractivity contribution in [1.29, 1.82) is 0 Å². The molecule has 2 N–H and O–H groups in total. The zero-order valence-electron chi connectivity index (χ0n) is 11.2. The molecule has 0 bridgehead atoms. The third kappa shape index (κ3) is 4.88. The summed E-state index contributed by atoms with van der Waals surface area (Å²) in [5.74, 6) is 1.01. The fraction of sp³-hybridized carbons (Fsp3) is 0.0714. The summed E-state index contributed by atoms with van der Waals surface area (Å²) in [6, 6.07) is 7.03. The third-order valence-electron chi connectivity index (χ3n) is 2.45. The number of methoxy groups -OCH3 is 1. The Hall–Kier alpha value is -2.41. The number of benzene rings is 1. The fourth-order valence-electron chi connectivity index (χ4n) is 1.44. The first-order valence-electron chi connectivity index (χ1n) is 6.03. The molecule has 0 unspecified atom stereocenters. The van der Waals surface area contributed by atoms with E-state index in [2.05, 4.69) is 36.5 Å². The fourth-order valence-corrected chi connectivity index (χ4v) is 1.65. The number of aromatic nitrogens is 2.